The van der Waals surface area contributed by atoms with Crippen molar-refractivity contribution < 1.29 is 17.9 Å². The van der Waals surface area contributed by atoms with E-state index in [1.807, 2.05) is 18.7 Å². The van der Waals surface area contributed by atoms with E-state index in [0.29, 0.717) is 13.2 Å². The zero-order chi connectivity index (χ0) is 16.0. The van der Waals surface area contributed by atoms with Gasteiger partial charge in [-0.15, -0.1) is 0 Å². The molecule has 0 fully saturated rings. The predicted molar refractivity (Wildman–Crippen MR) is 77.9 cm³/mol. The van der Waals surface area contributed by atoms with E-state index >= 15 is 0 Å². The van der Waals surface area contributed by atoms with Crippen LogP contribution in [0.25, 0.3) is 0 Å². The molecule has 1 atom stereocenters. The summed E-state index contributed by atoms with van der Waals surface area (Å²) in [7, 11) is 1.58. The summed E-state index contributed by atoms with van der Waals surface area (Å²) in [4.78, 5) is 1.99. The smallest absolute Gasteiger partial charge is 0.399 e. The van der Waals surface area contributed by atoms with Crippen LogP contribution in [0, 0.1) is 0 Å². The van der Waals surface area contributed by atoms with Crippen molar-refractivity contribution >= 4 is 5.69 Å². The number of methoxy groups -OCH3 is 1. The number of anilines is 1. The molecule has 21 heavy (non-hydrogen) atoms. The van der Waals surface area contributed by atoms with E-state index in [-0.39, 0.29) is 23.8 Å². The molecule has 2 N–H and O–H groups in total. The summed E-state index contributed by atoms with van der Waals surface area (Å²) in [5, 5.41) is 0. The first-order valence-electron chi connectivity index (χ1n) is 6.98. The highest BCUT2D eigenvalue weighted by molar-refractivity contribution is 5.46. The number of halogens is 3. The minimum Gasteiger partial charge on any atom is -0.399 e. The van der Waals surface area contributed by atoms with Crippen LogP contribution in [0.3, 0.4) is 0 Å². The summed E-state index contributed by atoms with van der Waals surface area (Å²) < 4.78 is 44.4. The number of benzene rings is 1. The Bertz CT molecular complexity index is 449. The molecule has 0 aliphatic carbocycles. The quantitative estimate of drug-likeness (QED) is 0.783. The Kier molecular flexibility index (Phi) is 6.48. The lowest BCUT2D eigenvalue weighted by molar-refractivity contribution is -0.138. The van der Waals surface area contributed by atoms with Gasteiger partial charge in [-0.3, -0.25) is 4.90 Å². The lowest BCUT2D eigenvalue weighted by Gasteiger charge is -2.29. The molecule has 0 radical (unpaired) electrons. The fourth-order valence-electron chi connectivity index (χ4n) is 2.14. The van der Waals surface area contributed by atoms with Gasteiger partial charge in [-0.25, -0.2) is 0 Å². The minimum absolute atomic E-state index is 0.123. The summed E-state index contributed by atoms with van der Waals surface area (Å²) in [5.41, 5.74) is 5.20. The van der Waals surface area contributed by atoms with Gasteiger partial charge in [0.2, 0.25) is 0 Å². The first-order chi connectivity index (χ1) is 9.79. The van der Waals surface area contributed by atoms with Crippen molar-refractivity contribution in [2.45, 2.75) is 39.0 Å². The van der Waals surface area contributed by atoms with E-state index < -0.39 is 11.7 Å². The van der Waals surface area contributed by atoms with Gasteiger partial charge in [0.25, 0.3) is 0 Å². The highest BCUT2D eigenvalue weighted by Crippen LogP contribution is 2.34. The topological polar surface area (TPSA) is 38.5 Å². The highest BCUT2D eigenvalue weighted by Gasteiger charge is 2.34. The fourth-order valence-corrected chi connectivity index (χ4v) is 2.14. The van der Waals surface area contributed by atoms with Crippen LogP contribution >= 0.6 is 0 Å². The van der Waals surface area contributed by atoms with Gasteiger partial charge in [0.15, 0.2) is 0 Å². The van der Waals surface area contributed by atoms with Crippen LogP contribution in [0.4, 0.5) is 18.9 Å². The van der Waals surface area contributed by atoms with Gasteiger partial charge in [-0.1, -0.05) is 13.0 Å². The van der Waals surface area contributed by atoms with Crippen molar-refractivity contribution in [3.63, 3.8) is 0 Å². The molecule has 0 saturated carbocycles. The SMILES string of the molecule is CCC(C)N(CCOC)Cc1ccc(N)cc1C(F)(F)F. The molecule has 0 bridgehead atoms. The third-order valence-corrected chi connectivity index (χ3v) is 3.61. The summed E-state index contributed by atoms with van der Waals surface area (Å²) in [6.45, 7) is 5.32. The molecule has 3 nitrogen and oxygen atoms in total. The van der Waals surface area contributed by atoms with Crippen LogP contribution in [0.1, 0.15) is 31.4 Å². The normalized spacial score (nSPS) is 13.7. The molecule has 0 heterocycles. The van der Waals surface area contributed by atoms with Gasteiger partial charge in [-0.05, 0) is 31.0 Å². The molecule has 0 saturated heterocycles. The van der Waals surface area contributed by atoms with Crippen molar-refractivity contribution in [1.82, 2.24) is 4.90 Å². The van der Waals surface area contributed by atoms with E-state index in [1.54, 1.807) is 7.11 Å². The van der Waals surface area contributed by atoms with Crippen LogP contribution in [0.2, 0.25) is 0 Å². The molecule has 0 amide bonds. The molecule has 6 heteroatoms. The van der Waals surface area contributed by atoms with Gasteiger partial charge >= 0.3 is 6.18 Å². The number of hydrogen-bond donors (Lipinski definition) is 1. The summed E-state index contributed by atoms with van der Waals surface area (Å²) in [6, 6.07) is 4.15. The Morgan fingerprint density at radius 2 is 2.00 bits per heavy atom. The Labute approximate surface area is 123 Å². The molecule has 1 aromatic rings. The lowest BCUT2D eigenvalue weighted by atomic mass is 10.0. The Balaban J connectivity index is 3.02. The highest BCUT2D eigenvalue weighted by atomic mass is 19.4. The number of rotatable bonds is 7. The second kappa shape index (κ2) is 7.66. The number of nitrogens with zero attached hydrogens (tertiary/aromatic N) is 1. The average Bonchev–Trinajstić information content (AvgIpc) is 2.42. The lowest BCUT2D eigenvalue weighted by Crippen LogP contribution is -2.35. The summed E-state index contributed by atoms with van der Waals surface area (Å²) >= 11 is 0. The molecule has 0 aromatic heterocycles. The molecule has 0 spiro atoms. The van der Waals surface area contributed by atoms with E-state index in [1.165, 1.54) is 12.1 Å². The van der Waals surface area contributed by atoms with Crippen molar-refractivity contribution in [1.29, 1.82) is 0 Å². The van der Waals surface area contributed by atoms with E-state index in [4.69, 9.17) is 10.5 Å². The first-order valence-corrected chi connectivity index (χ1v) is 6.98. The maximum Gasteiger partial charge on any atom is 0.416 e. The molecular weight excluding hydrogens is 281 g/mol. The number of hydrogen-bond acceptors (Lipinski definition) is 3. The second-order valence-corrected chi connectivity index (χ2v) is 5.13. The Morgan fingerprint density at radius 3 is 2.52 bits per heavy atom. The zero-order valence-electron chi connectivity index (χ0n) is 12.7. The molecule has 0 aliphatic heterocycles. The van der Waals surface area contributed by atoms with E-state index in [2.05, 4.69) is 0 Å². The van der Waals surface area contributed by atoms with Crippen molar-refractivity contribution in [3.05, 3.63) is 29.3 Å². The van der Waals surface area contributed by atoms with Gasteiger partial charge in [-0.2, -0.15) is 13.2 Å². The second-order valence-electron chi connectivity index (χ2n) is 5.13. The third-order valence-electron chi connectivity index (χ3n) is 3.61. The molecule has 1 rings (SSSR count). The number of nitrogens with two attached hydrogens (primary N) is 1. The summed E-state index contributed by atoms with van der Waals surface area (Å²) in [5.74, 6) is 0. The number of alkyl halides is 3. The minimum atomic E-state index is -4.40. The van der Waals surface area contributed by atoms with E-state index in [9.17, 15) is 13.2 Å². The fraction of sp³-hybridized carbons (Fsp3) is 0.600. The van der Waals surface area contributed by atoms with Crippen LogP contribution in [0.15, 0.2) is 18.2 Å². The van der Waals surface area contributed by atoms with Crippen molar-refractivity contribution in [3.8, 4) is 0 Å². The number of nitrogen functional groups attached to an aromatic ring is 1. The third kappa shape index (κ3) is 5.21. The number of ether oxygens (including phenoxy) is 1. The zero-order valence-corrected chi connectivity index (χ0v) is 12.7. The molecule has 0 aliphatic rings. The van der Waals surface area contributed by atoms with Crippen LogP contribution in [-0.2, 0) is 17.5 Å². The standard InChI is InChI=1S/C15H23F3N2O/c1-4-11(2)20(7-8-21-3)10-12-5-6-13(19)9-14(12)15(16,17)18/h5-6,9,11H,4,7-8,10,19H2,1-3H3. The largest absolute Gasteiger partial charge is 0.416 e. The monoisotopic (exact) mass is 304 g/mol. The van der Waals surface area contributed by atoms with Crippen LogP contribution in [-0.4, -0.2) is 31.2 Å². The first kappa shape index (κ1) is 17.8. The molecule has 1 aromatic carbocycles. The van der Waals surface area contributed by atoms with E-state index in [0.717, 1.165) is 12.5 Å². The molecular formula is C15H23F3N2O. The van der Waals surface area contributed by atoms with Gasteiger partial charge in [0.1, 0.15) is 0 Å². The maximum absolute atomic E-state index is 13.1. The van der Waals surface area contributed by atoms with Crippen molar-refractivity contribution in [2.24, 2.45) is 0 Å². The Morgan fingerprint density at radius 1 is 1.33 bits per heavy atom. The summed E-state index contributed by atoms with van der Waals surface area (Å²) in [6.07, 6.45) is -3.53. The maximum atomic E-state index is 13.1. The average molecular weight is 304 g/mol. The predicted octanol–water partition coefficient (Wildman–Crippen LogP) is 3.53. The van der Waals surface area contributed by atoms with Crippen LogP contribution < -0.4 is 5.73 Å². The molecule has 120 valence electrons. The Hall–Kier alpha value is -1.27. The van der Waals surface area contributed by atoms with Gasteiger partial charge < -0.3 is 10.5 Å². The van der Waals surface area contributed by atoms with Gasteiger partial charge in [0, 0.05) is 31.9 Å². The van der Waals surface area contributed by atoms with Crippen molar-refractivity contribution in [2.75, 3.05) is 26.0 Å². The van der Waals surface area contributed by atoms with Crippen LogP contribution in [0.5, 0.6) is 0 Å². The molecule has 1 unspecified atom stereocenters. The van der Waals surface area contributed by atoms with Gasteiger partial charge in [0.05, 0.1) is 12.2 Å².